The number of aliphatic imine (C=N–C) groups is 1. The minimum absolute atomic E-state index is 0. The number of ether oxygens (including phenoxy) is 1. The summed E-state index contributed by atoms with van der Waals surface area (Å²) in [5, 5.41) is 6.27. The van der Waals surface area contributed by atoms with Crippen molar-refractivity contribution in [3.63, 3.8) is 0 Å². The molecular formula is C21H34FIN4O2. The summed E-state index contributed by atoms with van der Waals surface area (Å²) >= 11 is 0. The minimum atomic E-state index is -0.516. The van der Waals surface area contributed by atoms with Crippen LogP contribution in [-0.2, 0) is 10.2 Å². The maximum absolute atomic E-state index is 14.2. The molecule has 1 aliphatic rings. The first-order valence-corrected chi connectivity index (χ1v) is 9.72. The molecule has 8 heteroatoms. The van der Waals surface area contributed by atoms with Gasteiger partial charge in [-0.15, -0.1) is 24.0 Å². The van der Waals surface area contributed by atoms with E-state index >= 15 is 0 Å². The molecule has 0 bridgehead atoms. The predicted octanol–water partition coefficient (Wildman–Crippen LogP) is 3.90. The van der Waals surface area contributed by atoms with Crippen molar-refractivity contribution in [1.29, 1.82) is 0 Å². The van der Waals surface area contributed by atoms with Crippen LogP contribution in [0.5, 0.6) is 0 Å². The van der Waals surface area contributed by atoms with E-state index in [0.29, 0.717) is 18.7 Å². The summed E-state index contributed by atoms with van der Waals surface area (Å²) in [6, 6.07) is 6.86. The fourth-order valence-corrected chi connectivity index (χ4v) is 3.28. The van der Waals surface area contributed by atoms with E-state index in [1.54, 1.807) is 13.1 Å². The number of amides is 1. The molecule has 1 unspecified atom stereocenters. The van der Waals surface area contributed by atoms with Crippen molar-refractivity contribution >= 4 is 36.0 Å². The molecule has 6 nitrogen and oxygen atoms in total. The smallest absolute Gasteiger partial charge is 0.407 e. The molecule has 0 aliphatic carbocycles. The van der Waals surface area contributed by atoms with Gasteiger partial charge in [-0.2, -0.15) is 0 Å². The number of hydrogen-bond acceptors (Lipinski definition) is 3. The second-order valence-corrected chi connectivity index (χ2v) is 8.84. The maximum atomic E-state index is 14.2. The summed E-state index contributed by atoms with van der Waals surface area (Å²) in [7, 11) is 1.73. The fraction of sp³-hybridized carbons (Fsp3) is 0.619. The summed E-state index contributed by atoms with van der Waals surface area (Å²) in [4.78, 5) is 18.4. The highest BCUT2D eigenvalue weighted by molar-refractivity contribution is 14.0. The number of carbonyl (C=O) groups excluding carboxylic acids is 1. The van der Waals surface area contributed by atoms with Gasteiger partial charge in [-0.25, -0.2) is 9.18 Å². The Labute approximate surface area is 190 Å². The molecule has 0 spiro atoms. The number of likely N-dealkylation sites (tertiary alicyclic amines) is 1. The van der Waals surface area contributed by atoms with Gasteiger partial charge in [0.05, 0.1) is 6.04 Å². The van der Waals surface area contributed by atoms with E-state index in [1.807, 2.05) is 46.8 Å². The van der Waals surface area contributed by atoms with Crippen LogP contribution in [0.2, 0.25) is 0 Å². The first-order chi connectivity index (χ1) is 13.0. The molecule has 1 aromatic rings. The fourth-order valence-electron chi connectivity index (χ4n) is 3.28. The van der Waals surface area contributed by atoms with E-state index in [1.165, 1.54) is 6.07 Å². The minimum Gasteiger partial charge on any atom is -0.444 e. The third-order valence-corrected chi connectivity index (χ3v) is 4.71. The lowest BCUT2D eigenvalue weighted by molar-refractivity contribution is 0.0507. The number of halogens is 2. The summed E-state index contributed by atoms with van der Waals surface area (Å²) in [6.45, 7) is 11.5. The van der Waals surface area contributed by atoms with Crippen LogP contribution in [0.15, 0.2) is 29.3 Å². The van der Waals surface area contributed by atoms with Gasteiger partial charge in [0.2, 0.25) is 0 Å². The maximum Gasteiger partial charge on any atom is 0.407 e. The molecule has 2 rings (SSSR count). The Hall–Kier alpha value is -1.58. The van der Waals surface area contributed by atoms with Crippen molar-refractivity contribution in [3.8, 4) is 0 Å². The van der Waals surface area contributed by atoms with Gasteiger partial charge in [0, 0.05) is 32.1 Å². The molecule has 1 aromatic carbocycles. The lowest BCUT2D eigenvalue weighted by Gasteiger charge is -2.29. The molecule has 1 aliphatic heterocycles. The number of nitrogens with zero attached hydrogens (tertiary/aromatic N) is 2. The molecule has 0 aromatic heterocycles. The second-order valence-electron chi connectivity index (χ2n) is 8.84. The number of hydrogen-bond donors (Lipinski definition) is 2. The van der Waals surface area contributed by atoms with Crippen LogP contribution in [0.25, 0.3) is 0 Å². The summed E-state index contributed by atoms with van der Waals surface area (Å²) in [6.07, 6.45) is 0.416. The number of alkyl carbamates (subject to hydrolysis) is 1. The second kappa shape index (κ2) is 10.4. The first kappa shape index (κ1) is 25.5. The van der Waals surface area contributed by atoms with Crippen LogP contribution in [0.1, 0.15) is 46.6 Å². The quantitative estimate of drug-likeness (QED) is 0.359. The lowest BCUT2D eigenvalue weighted by Crippen LogP contribution is -2.47. The van der Waals surface area contributed by atoms with Gasteiger partial charge in [0.25, 0.3) is 0 Å². The van der Waals surface area contributed by atoms with Crippen molar-refractivity contribution in [2.75, 3.05) is 26.7 Å². The highest BCUT2D eigenvalue weighted by atomic mass is 127. The van der Waals surface area contributed by atoms with E-state index in [9.17, 15) is 9.18 Å². The van der Waals surface area contributed by atoms with Gasteiger partial charge in [-0.3, -0.25) is 4.99 Å². The number of carbonyl (C=O) groups is 1. The molecule has 1 atom stereocenters. The van der Waals surface area contributed by atoms with Gasteiger partial charge in [-0.05, 0) is 38.8 Å². The normalized spacial score (nSPS) is 17.6. The van der Waals surface area contributed by atoms with Crippen molar-refractivity contribution in [2.24, 2.45) is 4.99 Å². The Bertz CT molecular complexity index is 719. The van der Waals surface area contributed by atoms with E-state index in [-0.39, 0.29) is 35.8 Å². The lowest BCUT2D eigenvalue weighted by atomic mass is 9.84. The Morgan fingerprint density at radius 2 is 1.93 bits per heavy atom. The van der Waals surface area contributed by atoms with E-state index in [0.717, 1.165) is 18.9 Å². The third-order valence-electron chi connectivity index (χ3n) is 4.71. The predicted molar refractivity (Wildman–Crippen MR) is 126 cm³/mol. The van der Waals surface area contributed by atoms with Gasteiger partial charge >= 0.3 is 6.09 Å². The van der Waals surface area contributed by atoms with Crippen LogP contribution in [0.4, 0.5) is 9.18 Å². The van der Waals surface area contributed by atoms with Crippen LogP contribution in [0, 0.1) is 5.82 Å². The molecular weight excluding hydrogens is 486 g/mol. The molecule has 1 saturated heterocycles. The molecule has 0 saturated carbocycles. The SMILES string of the molecule is CN=C(NCC(C)(C)c1ccccc1F)N1CCC(NC(=O)OC(C)(C)C)C1.I. The average molecular weight is 520 g/mol. The van der Waals surface area contributed by atoms with E-state index < -0.39 is 17.1 Å². The highest BCUT2D eigenvalue weighted by Gasteiger charge is 2.29. The zero-order valence-corrected chi connectivity index (χ0v) is 20.5. The van der Waals surface area contributed by atoms with Crippen LogP contribution in [-0.4, -0.2) is 55.3 Å². The van der Waals surface area contributed by atoms with Crippen LogP contribution >= 0.6 is 24.0 Å². The molecule has 164 valence electrons. The molecule has 29 heavy (non-hydrogen) atoms. The molecule has 0 radical (unpaired) electrons. The monoisotopic (exact) mass is 520 g/mol. The first-order valence-electron chi connectivity index (χ1n) is 9.72. The summed E-state index contributed by atoms with van der Waals surface area (Å²) < 4.78 is 19.5. The van der Waals surface area contributed by atoms with Crippen molar-refractivity contribution < 1.29 is 13.9 Å². The Morgan fingerprint density at radius 3 is 2.52 bits per heavy atom. The van der Waals surface area contributed by atoms with Gasteiger partial charge < -0.3 is 20.3 Å². The third kappa shape index (κ3) is 7.64. The van der Waals surface area contributed by atoms with Crippen molar-refractivity contribution in [3.05, 3.63) is 35.6 Å². The zero-order valence-electron chi connectivity index (χ0n) is 18.2. The van der Waals surface area contributed by atoms with Crippen LogP contribution < -0.4 is 10.6 Å². The van der Waals surface area contributed by atoms with Gasteiger partial charge in [-0.1, -0.05) is 32.0 Å². The summed E-state index contributed by atoms with van der Waals surface area (Å²) in [5.74, 6) is 0.546. The van der Waals surface area contributed by atoms with E-state index in [4.69, 9.17) is 4.74 Å². The van der Waals surface area contributed by atoms with Gasteiger partial charge in [0.15, 0.2) is 5.96 Å². The van der Waals surface area contributed by atoms with Crippen molar-refractivity contribution in [1.82, 2.24) is 15.5 Å². The van der Waals surface area contributed by atoms with Crippen molar-refractivity contribution in [2.45, 2.75) is 58.1 Å². The Morgan fingerprint density at radius 1 is 1.28 bits per heavy atom. The average Bonchev–Trinajstić information content (AvgIpc) is 3.02. The summed E-state index contributed by atoms with van der Waals surface area (Å²) in [5.41, 5.74) is -0.239. The van der Waals surface area contributed by atoms with E-state index in [2.05, 4.69) is 20.5 Å². The number of nitrogens with one attached hydrogen (secondary N) is 2. The number of guanidine groups is 1. The molecule has 1 amide bonds. The molecule has 1 heterocycles. The number of benzene rings is 1. The largest absolute Gasteiger partial charge is 0.444 e. The Kier molecular flexibility index (Phi) is 9.17. The Balaban J connectivity index is 0.00000420. The molecule has 2 N–H and O–H groups in total. The standard InChI is InChI=1S/C21H33FN4O2.HI/c1-20(2,3)28-19(27)25-15-11-12-26(13-15)18(23-6)24-14-21(4,5)16-9-7-8-10-17(16)22;/h7-10,15H,11-14H2,1-6H3,(H,23,24)(H,25,27);1H. The molecule has 1 fully saturated rings. The number of rotatable bonds is 4. The topological polar surface area (TPSA) is 66.0 Å². The van der Waals surface area contributed by atoms with Crippen LogP contribution in [0.3, 0.4) is 0 Å². The highest BCUT2D eigenvalue weighted by Crippen LogP contribution is 2.25. The van der Waals surface area contributed by atoms with Gasteiger partial charge in [0.1, 0.15) is 11.4 Å². The zero-order chi connectivity index (χ0) is 20.9.